The van der Waals surface area contributed by atoms with Crippen molar-refractivity contribution < 1.29 is 35.3 Å². The van der Waals surface area contributed by atoms with Gasteiger partial charge in [0.15, 0.2) is 0 Å². The Morgan fingerprint density at radius 3 is 2.05 bits per heavy atom. The van der Waals surface area contributed by atoms with Gasteiger partial charge in [0.25, 0.3) is 0 Å². The van der Waals surface area contributed by atoms with E-state index in [1.807, 2.05) is 58.0 Å². The second-order valence-electron chi connectivity index (χ2n) is 12.5. The number of piperazine rings is 1. The van der Waals surface area contributed by atoms with Crippen LogP contribution in [0, 0.1) is 0 Å². The summed E-state index contributed by atoms with van der Waals surface area (Å²) in [6.45, 7) is 10.4. The van der Waals surface area contributed by atoms with Crippen molar-refractivity contribution in [2.75, 3.05) is 32.8 Å². The van der Waals surface area contributed by atoms with E-state index in [2.05, 4.69) is 33.3 Å². The van der Waals surface area contributed by atoms with Crippen LogP contribution in [0.3, 0.4) is 0 Å². The van der Waals surface area contributed by atoms with E-state index in [4.69, 9.17) is 14.0 Å². The number of halogens is 1. The molecule has 3 aromatic rings. The number of hydrogen-bond donors (Lipinski definition) is 0. The van der Waals surface area contributed by atoms with E-state index < -0.39 is 28.8 Å². The predicted molar refractivity (Wildman–Crippen MR) is 165 cm³/mol. The zero-order chi connectivity index (χ0) is 31.3. The minimum atomic E-state index is -5.23. The first-order chi connectivity index (χ1) is 20.8. The summed E-state index contributed by atoms with van der Waals surface area (Å²) in [4.78, 5) is 16.9. The molecular weight excluding hydrogens is 586 g/mol. The third-order valence-corrected chi connectivity index (χ3v) is 9.47. The van der Waals surface area contributed by atoms with Crippen molar-refractivity contribution in [1.29, 1.82) is 0 Å². The summed E-state index contributed by atoms with van der Waals surface area (Å²) in [5, 5.41) is 0. The van der Waals surface area contributed by atoms with Crippen molar-refractivity contribution in [3.05, 3.63) is 83.4 Å². The molecule has 0 spiro atoms. The van der Waals surface area contributed by atoms with Gasteiger partial charge >= 0.3 is 23.7 Å². The highest BCUT2D eigenvalue weighted by atomic mass is 32.3. The standard InChI is InChI=1S/C32H36BFN2O7S/c1-31(2)32(3,4)43-33(42-31)23-17-22(18-24(19-23)41-44(34,38)39)20-35-13-15-36(16-14-35)30(37)40-21-29-27-11-7-5-9-25(27)26-10-6-8-12-28(26)29/h5-12,17-19,29H,13-16,20-21H2,1-4H3. The SMILES string of the molecule is CC1(C)OB(c2cc(CN3CCN(C(=O)OCC4c5ccccc5-c5ccccc54)CC3)cc(OS(=O)(=O)F)c2)OC1(C)C. The summed E-state index contributed by atoms with van der Waals surface area (Å²) >= 11 is 0. The molecule has 1 amide bonds. The molecule has 12 heteroatoms. The van der Waals surface area contributed by atoms with Crippen molar-refractivity contribution in [2.24, 2.45) is 0 Å². The van der Waals surface area contributed by atoms with Crippen molar-refractivity contribution >= 4 is 29.2 Å². The van der Waals surface area contributed by atoms with Gasteiger partial charge in [-0.2, -0.15) is 8.42 Å². The molecule has 2 saturated heterocycles. The minimum Gasteiger partial charge on any atom is -0.448 e. The first-order valence-corrected chi connectivity index (χ1v) is 16.1. The third-order valence-electron chi connectivity index (χ3n) is 9.08. The van der Waals surface area contributed by atoms with Gasteiger partial charge in [-0.1, -0.05) is 58.5 Å². The molecule has 232 valence electrons. The first-order valence-electron chi connectivity index (χ1n) is 14.8. The summed E-state index contributed by atoms with van der Waals surface area (Å²) in [5.41, 5.74) is 4.68. The van der Waals surface area contributed by atoms with Crippen LogP contribution in [0.25, 0.3) is 11.1 Å². The van der Waals surface area contributed by atoms with E-state index in [9.17, 15) is 17.1 Å². The summed E-state index contributed by atoms with van der Waals surface area (Å²) in [6.07, 6.45) is -0.349. The van der Waals surface area contributed by atoms with Crippen LogP contribution < -0.4 is 9.65 Å². The van der Waals surface area contributed by atoms with Gasteiger partial charge in [-0.3, -0.25) is 4.90 Å². The fraction of sp³-hybridized carbons (Fsp3) is 0.406. The van der Waals surface area contributed by atoms with Crippen molar-refractivity contribution in [3.8, 4) is 16.9 Å². The Morgan fingerprint density at radius 1 is 0.909 bits per heavy atom. The number of carbonyl (C=O) groups is 1. The number of nitrogens with zero attached hydrogens (tertiary/aromatic N) is 2. The normalized spacial score (nSPS) is 19.5. The topological polar surface area (TPSA) is 94.6 Å². The minimum absolute atomic E-state index is 0.00607. The molecule has 0 radical (unpaired) electrons. The summed E-state index contributed by atoms with van der Waals surface area (Å²) < 4.78 is 58.7. The Hall–Kier alpha value is -3.45. The second kappa shape index (κ2) is 11.5. The molecule has 9 nitrogen and oxygen atoms in total. The molecule has 0 saturated carbocycles. The maximum Gasteiger partial charge on any atom is 0.494 e. The summed E-state index contributed by atoms with van der Waals surface area (Å²) in [6, 6.07) is 21.2. The molecule has 0 atom stereocenters. The van der Waals surface area contributed by atoms with Crippen molar-refractivity contribution in [1.82, 2.24) is 9.80 Å². The molecule has 2 aliphatic heterocycles. The van der Waals surface area contributed by atoms with Crippen LogP contribution in [0.4, 0.5) is 8.68 Å². The Labute approximate surface area is 258 Å². The van der Waals surface area contributed by atoms with Crippen LogP contribution >= 0.6 is 0 Å². The van der Waals surface area contributed by atoms with Gasteiger partial charge < -0.3 is 23.1 Å². The van der Waals surface area contributed by atoms with E-state index in [1.165, 1.54) is 23.3 Å². The quantitative estimate of drug-likeness (QED) is 0.278. The van der Waals surface area contributed by atoms with Crippen molar-refractivity contribution in [2.45, 2.75) is 51.4 Å². The number of fused-ring (bicyclic) bond motifs is 3. The van der Waals surface area contributed by atoms with Gasteiger partial charge in [0.05, 0.1) is 11.2 Å². The molecule has 0 bridgehead atoms. The van der Waals surface area contributed by atoms with Crippen LogP contribution in [0.15, 0.2) is 66.7 Å². The summed E-state index contributed by atoms with van der Waals surface area (Å²) in [5.74, 6) is -0.166. The monoisotopic (exact) mass is 622 g/mol. The van der Waals surface area contributed by atoms with Gasteiger partial charge in [0.1, 0.15) is 12.4 Å². The number of ether oxygens (including phenoxy) is 1. The molecule has 0 unspecified atom stereocenters. The molecule has 2 fully saturated rings. The van der Waals surface area contributed by atoms with Crippen LogP contribution in [-0.4, -0.2) is 75.4 Å². The van der Waals surface area contributed by atoms with Gasteiger partial charge in [0.2, 0.25) is 0 Å². The lowest BCUT2D eigenvalue weighted by Crippen LogP contribution is -2.48. The molecule has 3 aliphatic rings. The van der Waals surface area contributed by atoms with Gasteiger partial charge in [-0.05, 0) is 73.1 Å². The smallest absolute Gasteiger partial charge is 0.448 e. The summed E-state index contributed by atoms with van der Waals surface area (Å²) in [7, 11) is -6.01. The average molecular weight is 623 g/mol. The average Bonchev–Trinajstić information content (AvgIpc) is 3.40. The number of amides is 1. The second-order valence-corrected chi connectivity index (χ2v) is 13.5. The lowest BCUT2D eigenvalue weighted by atomic mass is 9.78. The maximum atomic E-state index is 13.5. The Morgan fingerprint density at radius 2 is 1.48 bits per heavy atom. The van der Waals surface area contributed by atoms with Gasteiger partial charge in [0, 0.05) is 38.6 Å². The fourth-order valence-corrected chi connectivity index (χ4v) is 6.41. The van der Waals surface area contributed by atoms with E-state index >= 15 is 0 Å². The van der Waals surface area contributed by atoms with Crippen LogP contribution in [-0.2, 0) is 31.1 Å². The number of benzene rings is 3. The molecular formula is C32H36BFN2O7S. The number of carbonyl (C=O) groups excluding carboxylic acids is 1. The van der Waals surface area contributed by atoms with Crippen molar-refractivity contribution in [3.63, 3.8) is 0 Å². The first kappa shape index (κ1) is 30.6. The molecule has 0 aromatic heterocycles. The van der Waals surface area contributed by atoms with E-state index in [0.717, 1.165) is 11.1 Å². The molecule has 3 aromatic carbocycles. The number of hydrogen-bond acceptors (Lipinski definition) is 8. The number of rotatable bonds is 7. The Balaban J connectivity index is 1.09. The van der Waals surface area contributed by atoms with Crippen LogP contribution in [0.5, 0.6) is 5.75 Å². The van der Waals surface area contributed by atoms with E-state index in [1.54, 1.807) is 4.90 Å². The highest BCUT2D eigenvalue weighted by Crippen LogP contribution is 2.44. The molecule has 6 rings (SSSR count). The van der Waals surface area contributed by atoms with Gasteiger partial charge in [-0.25, -0.2) is 4.79 Å². The Kier molecular flexibility index (Phi) is 7.98. The third kappa shape index (κ3) is 6.21. The largest absolute Gasteiger partial charge is 0.494 e. The zero-order valence-corrected chi connectivity index (χ0v) is 26.1. The zero-order valence-electron chi connectivity index (χ0n) is 25.3. The van der Waals surface area contributed by atoms with E-state index in [-0.39, 0.29) is 24.4 Å². The fourth-order valence-electron chi connectivity index (χ4n) is 6.09. The molecule has 1 aliphatic carbocycles. The lowest BCUT2D eigenvalue weighted by molar-refractivity contribution is 0.00578. The molecule has 44 heavy (non-hydrogen) atoms. The highest BCUT2D eigenvalue weighted by Gasteiger charge is 2.52. The maximum absolute atomic E-state index is 13.5. The van der Waals surface area contributed by atoms with Crippen LogP contribution in [0.2, 0.25) is 0 Å². The predicted octanol–water partition coefficient (Wildman–Crippen LogP) is 4.65. The highest BCUT2D eigenvalue weighted by molar-refractivity contribution is 7.81. The lowest BCUT2D eigenvalue weighted by Gasteiger charge is -2.34. The Bertz CT molecular complexity index is 1610. The van der Waals surface area contributed by atoms with E-state index in [0.29, 0.717) is 43.8 Å². The van der Waals surface area contributed by atoms with Crippen LogP contribution in [0.1, 0.15) is 50.3 Å². The molecule has 0 N–H and O–H groups in total. The molecule has 2 heterocycles. The van der Waals surface area contributed by atoms with Gasteiger partial charge in [-0.15, -0.1) is 0 Å².